The molecule has 0 bridgehead atoms. The molecule has 0 unspecified atom stereocenters. The summed E-state index contributed by atoms with van der Waals surface area (Å²) in [6, 6.07) is 0. The van der Waals surface area contributed by atoms with Gasteiger partial charge < -0.3 is 14.6 Å². The maximum Gasteiger partial charge on any atom is 0.204 e. The zero-order chi connectivity index (χ0) is 14.4. The molecule has 0 amide bonds. The van der Waals surface area contributed by atoms with Crippen molar-refractivity contribution in [1.29, 1.82) is 0 Å². The topological polar surface area (TPSA) is 69.4 Å². The standard InChI is InChI=1S/C14H25N3O3/c1-3-19-13(20-4-2)12-10-17(16-15-12)11-14(18)8-6-5-7-9-14/h10,13,18H,3-9,11H2,1-2H3. The number of aliphatic hydroxyl groups is 1. The lowest BCUT2D eigenvalue weighted by Crippen LogP contribution is -2.36. The lowest BCUT2D eigenvalue weighted by molar-refractivity contribution is -0.142. The van der Waals surface area contributed by atoms with Crippen LogP contribution >= 0.6 is 0 Å². The summed E-state index contributed by atoms with van der Waals surface area (Å²) in [7, 11) is 0. The zero-order valence-electron chi connectivity index (χ0n) is 12.4. The van der Waals surface area contributed by atoms with E-state index in [4.69, 9.17) is 9.47 Å². The molecule has 2 rings (SSSR count). The number of rotatable bonds is 7. The van der Waals surface area contributed by atoms with Crippen LogP contribution in [-0.2, 0) is 16.0 Å². The van der Waals surface area contributed by atoms with Crippen molar-refractivity contribution in [1.82, 2.24) is 15.0 Å². The summed E-state index contributed by atoms with van der Waals surface area (Å²) in [6.07, 6.45) is 6.38. The van der Waals surface area contributed by atoms with Gasteiger partial charge in [0.05, 0.1) is 18.3 Å². The van der Waals surface area contributed by atoms with Gasteiger partial charge in [0.2, 0.25) is 6.29 Å². The largest absolute Gasteiger partial charge is 0.388 e. The van der Waals surface area contributed by atoms with E-state index in [9.17, 15) is 5.11 Å². The van der Waals surface area contributed by atoms with Crippen LogP contribution in [0.1, 0.15) is 57.9 Å². The molecule has 1 aliphatic rings. The van der Waals surface area contributed by atoms with Gasteiger partial charge in [0, 0.05) is 13.2 Å². The third kappa shape index (κ3) is 4.01. The number of ether oxygens (including phenoxy) is 2. The van der Waals surface area contributed by atoms with Crippen molar-refractivity contribution < 1.29 is 14.6 Å². The maximum atomic E-state index is 10.5. The summed E-state index contributed by atoms with van der Waals surface area (Å²) in [4.78, 5) is 0. The van der Waals surface area contributed by atoms with Crippen molar-refractivity contribution in [2.45, 2.75) is 64.4 Å². The first-order valence-electron chi connectivity index (χ1n) is 7.52. The fraction of sp³-hybridized carbons (Fsp3) is 0.857. The van der Waals surface area contributed by atoms with Crippen molar-refractivity contribution in [3.05, 3.63) is 11.9 Å². The van der Waals surface area contributed by atoms with Crippen molar-refractivity contribution in [3.63, 3.8) is 0 Å². The molecule has 0 atom stereocenters. The molecule has 114 valence electrons. The third-order valence-corrected chi connectivity index (χ3v) is 3.67. The van der Waals surface area contributed by atoms with Gasteiger partial charge >= 0.3 is 0 Å². The zero-order valence-corrected chi connectivity index (χ0v) is 12.4. The second-order valence-electron chi connectivity index (χ2n) is 5.37. The predicted molar refractivity (Wildman–Crippen MR) is 74.0 cm³/mol. The summed E-state index contributed by atoms with van der Waals surface area (Å²) in [6.45, 7) is 5.44. The molecule has 1 saturated carbocycles. The van der Waals surface area contributed by atoms with E-state index in [1.807, 2.05) is 20.0 Å². The molecule has 1 aliphatic carbocycles. The summed E-state index contributed by atoms with van der Waals surface area (Å²) in [5.74, 6) is 0. The minimum absolute atomic E-state index is 0.472. The molecule has 1 N–H and O–H groups in total. The van der Waals surface area contributed by atoms with E-state index in [1.54, 1.807) is 4.68 Å². The monoisotopic (exact) mass is 283 g/mol. The molecule has 6 nitrogen and oxygen atoms in total. The predicted octanol–water partition coefficient (Wildman–Crippen LogP) is 2.04. The molecular weight excluding hydrogens is 258 g/mol. The van der Waals surface area contributed by atoms with Gasteiger partial charge in [-0.3, -0.25) is 0 Å². The second kappa shape index (κ2) is 7.15. The van der Waals surface area contributed by atoms with Crippen molar-refractivity contribution >= 4 is 0 Å². The van der Waals surface area contributed by atoms with Gasteiger partial charge in [-0.25, -0.2) is 4.68 Å². The number of hydrogen-bond donors (Lipinski definition) is 1. The third-order valence-electron chi connectivity index (χ3n) is 3.67. The van der Waals surface area contributed by atoms with E-state index in [-0.39, 0.29) is 0 Å². The summed E-state index contributed by atoms with van der Waals surface area (Å²) < 4.78 is 12.7. The first-order chi connectivity index (χ1) is 9.67. The van der Waals surface area contributed by atoms with E-state index >= 15 is 0 Å². The van der Waals surface area contributed by atoms with Crippen LogP contribution in [0.5, 0.6) is 0 Å². The van der Waals surface area contributed by atoms with Gasteiger partial charge in [0.25, 0.3) is 0 Å². The fourth-order valence-corrected chi connectivity index (χ4v) is 2.69. The van der Waals surface area contributed by atoms with Crippen LogP contribution in [0, 0.1) is 0 Å². The Labute approximate surface area is 120 Å². The van der Waals surface area contributed by atoms with Crippen LogP contribution in [0.25, 0.3) is 0 Å². The number of hydrogen-bond acceptors (Lipinski definition) is 5. The highest BCUT2D eigenvalue weighted by Gasteiger charge is 2.30. The van der Waals surface area contributed by atoms with Crippen molar-refractivity contribution in [2.75, 3.05) is 13.2 Å². The van der Waals surface area contributed by atoms with Crippen LogP contribution in [-0.4, -0.2) is 38.9 Å². The first kappa shape index (κ1) is 15.4. The van der Waals surface area contributed by atoms with Crippen molar-refractivity contribution in [3.8, 4) is 0 Å². The molecule has 1 fully saturated rings. The normalized spacial score (nSPS) is 18.6. The maximum absolute atomic E-state index is 10.5. The molecule has 1 aromatic rings. The lowest BCUT2D eigenvalue weighted by Gasteiger charge is -2.31. The van der Waals surface area contributed by atoms with Crippen molar-refractivity contribution in [2.24, 2.45) is 0 Å². The van der Waals surface area contributed by atoms with Crippen LogP contribution in [0.3, 0.4) is 0 Å². The van der Waals surface area contributed by atoms with E-state index in [1.165, 1.54) is 6.42 Å². The average Bonchev–Trinajstić information content (AvgIpc) is 2.87. The molecule has 0 saturated heterocycles. The Kier molecular flexibility index (Phi) is 5.51. The molecule has 0 radical (unpaired) electrons. The van der Waals surface area contributed by atoms with Gasteiger partial charge in [0.1, 0.15) is 5.69 Å². The minimum atomic E-state index is -0.643. The Morgan fingerprint density at radius 2 is 1.90 bits per heavy atom. The Bertz CT molecular complexity index is 396. The molecule has 20 heavy (non-hydrogen) atoms. The quantitative estimate of drug-likeness (QED) is 0.776. The molecule has 0 spiro atoms. The van der Waals surface area contributed by atoms with Crippen LogP contribution in [0.2, 0.25) is 0 Å². The van der Waals surface area contributed by atoms with E-state index < -0.39 is 11.9 Å². The molecule has 6 heteroatoms. The Balaban J connectivity index is 2.00. The van der Waals surface area contributed by atoms with Crippen LogP contribution in [0.4, 0.5) is 0 Å². The smallest absolute Gasteiger partial charge is 0.204 e. The minimum Gasteiger partial charge on any atom is -0.388 e. The highest BCUT2D eigenvalue weighted by atomic mass is 16.7. The van der Waals surface area contributed by atoms with Gasteiger partial charge in [0.15, 0.2) is 0 Å². The summed E-state index contributed by atoms with van der Waals surface area (Å²) >= 11 is 0. The van der Waals surface area contributed by atoms with Crippen LogP contribution in [0.15, 0.2) is 6.20 Å². The first-order valence-corrected chi connectivity index (χ1v) is 7.52. The van der Waals surface area contributed by atoms with Crippen LogP contribution < -0.4 is 0 Å². The van der Waals surface area contributed by atoms with Gasteiger partial charge in [-0.15, -0.1) is 5.10 Å². The number of aromatic nitrogens is 3. The number of nitrogens with zero attached hydrogens (tertiary/aromatic N) is 3. The van der Waals surface area contributed by atoms with E-state index in [0.717, 1.165) is 25.7 Å². The Morgan fingerprint density at radius 1 is 1.25 bits per heavy atom. The summed E-state index contributed by atoms with van der Waals surface area (Å²) in [5, 5.41) is 18.7. The SMILES string of the molecule is CCOC(OCC)c1cn(CC2(O)CCCCC2)nn1. The second-order valence-corrected chi connectivity index (χ2v) is 5.37. The van der Waals surface area contributed by atoms with Gasteiger partial charge in [-0.1, -0.05) is 24.5 Å². The fourth-order valence-electron chi connectivity index (χ4n) is 2.69. The van der Waals surface area contributed by atoms with E-state index in [2.05, 4.69) is 10.3 Å². The molecule has 0 aliphatic heterocycles. The molecule has 1 aromatic heterocycles. The molecular formula is C14H25N3O3. The van der Waals surface area contributed by atoms with Gasteiger partial charge in [-0.2, -0.15) is 0 Å². The molecule has 0 aromatic carbocycles. The molecule has 1 heterocycles. The van der Waals surface area contributed by atoms with Gasteiger partial charge in [-0.05, 0) is 26.7 Å². The highest BCUT2D eigenvalue weighted by molar-refractivity contribution is 4.96. The highest BCUT2D eigenvalue weighted by Crippen LogP contribution is 2.29. The van der Waals surface area contributed by atoms with E-state index in [0.29, 0.717) is 25.5 Å². The lowest BCUT2D eigenvalue weighted by atomic mass is 9.85. The Morgan fingerprint density at radius 3 is 2.50 bits per heavy atom. The Hall–Kier alpha value is -0.980. The average molecular weight is 283 g/mol. The summed E-state index contributed by atoms with van der Waals surface area (Å²) in [5.41, 5.74) is 0.0174.